The Morgan fingerprint density at radius 3 is 3.06 bits per heavy atom. The number of aromatic nitrogens is 2. The second-order valence-electron chi connectivity index (χ2n) is 5.01. The van der Waals surface area contributed by atoms with Crippen molar-refractivity contribution in [3.8, 4) is 0 Å². The van der Waals surface area contributed by atoms with Crippen LogP contribution in [0.1, 0.15) is 18.5 Å². The van der Waals surface area contributed by atoms with Gasteiger partial charge in [-0.2, -0.15) is 5.10 Å². The second kappa shape index (κ2) is 4.90. The molecule has 2 heterocycles. The van der Waals surface area contributed by atoms with E-state index in [0.29, 0.717) is 6.04 Å². The van der Waals surface area contributed by atoms with Crippen LogP contribution >= 0.6 is 11.6 Å². The minimum absolute atomic E-state index is 0.521. The smallest absolute Gasteiger partial charge is 0.0843 e. The maximum atomic E-state index is 6.02. The first-order valence-corrected chi connectivity index (χ1v) is 7.03. The summed E-state index contributed by atoms with van der Waals surface area (Å²) in [6.45, 7) is 2.06. The quantitative estimate of drug-likeness (QED) is 0.794. The molecule has 4 heteroatoms. The van der Waals surface area contributed by atoms with E-state index in [0.717, 1.165) is 19.0 Å². The number of fused-ring (bicyclic) bond motifs is 1. The van der Waals surface area contributed by atoms with Gasteiger partial charge in [0.1, 0.15) is 0 Å². The lowest BCUT2D eigenvalue weighted by atomic mass is 10.2. The maximum absolute atomic E-state index is 6.02. The molecule has 96 valence electrons. The molecule has 1 aromatic carbocycles. The molecule has 0 N–H and O–H groups in total. The molecule has 1 aromatic heterocycles. The Kier molecular flexibility index (Phi) is 3.27. The second-order valence-corrected chi connectivity index (χ2v) is 5.32. The molecule has 0 radical (unpaired) electrons. The molecule has 1 aliphatic heterocycles. The normalized spacial score (nSPS) is 20.9. The highest BCUT2D eigenvalue weighted by atomic mass is 35.5. The van der Waals surface area contributed by atoms with Crippen molar-refractivity contribution in [1.29, 1.82) is 0 Å². The monoisotopic (exact) mass is 263 g/mol. The third kappa shape index (κ3) is 2.02. The van der Waals surface area contributed by atoms with Crippen LogP contribution in [-0.4, -0.2) is 33.1 Å². The van der Waals surface area contributed by atoms with Crippen molar-refractivity contribution in [2.75, 3.05) is 12.4 Å². The van der Waals surface area contributed by atoms with Crippen molar-refractivity contribution in [3.05, 3.63) is 30.0 Å². The number of halogens is 1. The van der Waals surface area contributed by atoms with E-state index >= 15 is 0 Å². The Morgan fingerprint density at radius 2 is 2.22 bits per heavy atom. The van der Waals surface area contributed by atoms with Gasteiger partial charge < -0.3 is 0 Å². The molecular weight excluding hydrogens is 246 g/mol. The third-order valence-electron chi connectivity index (χ3n) is 3.86. The van der Waals surface area contributed by atoms with E-state index in [2.05, 4.69) is 34.3 Å². The fraction of sp³-hybridized carbons (Fsp3) is 0.500. The van der Waals surface area contributed by atoms with Gasteiger partial charge in [-0.1, -0.05) is 18.2 Å². The number of hydrogen-bond acceptors (Lipinski definition) is 2. The Labute approximate surface area is 112 Å². The van der Waals surface area contributed by atoms with E-state index in [-0.39, 0.29) is 0 Å². The minimum atomic E-state index is 0.521. The summed E-state index contributed by atoms with van der Waals surface area (Å²) < 4.78 is 1.97. The zero-order chi connectivity index (χ0) is 12.5. The van der Waals surface area contributed by atoms with E-state index in [1.807, 2.05) is 11.7 Å². The number of para-hydroxylation sites is 1. The summed E-state index contributed by atoms with van der Waals surface area (Å²) in [7, 11) is 2.01. The molecule has 1 aliphatic rings. The largest absolute Gasteiger partial charge is 0.293 e. The summed E-state index contributed by atoms with van der Waals surface area (Å²) in [6, 6.07) is 8.94. The average molecular weight is 264 g/mol. The van der Waals surface area contributed by atoms with Crippen molar-refractivity contribution >= 4 is 22.5 Å². The number of alkyl halides is 1. The van der Waals surface area contributed by atoms with Gasteiger partial charge in [0.05, 0.1) is 11.2 Å². The SMILES string of the molecule is Cn1nc(CN2CCCC2CCl)c2ccccc21. The van der Waals surface area contributed by atoms with E-state index in [4.69, 9.17) is 11.6 Å². The van der Waals surface area contributed by atoms with Crippen molar-refractivity contribution < 1.29 is 0 Å². The predicted octanol–water partition coefficient (Wildman–Crippen LogP) is 2.78. The van der Waals surface area contributed by atoms with Gasteiger partial charge in [-0.15, -0.1) is 11.6 Å². The lowest BCUT2D eigenvalue weighted by Crippen LogP contribution is -2.30. The molecule has 0 amide bonds. The zero-order valence-electron chi connectivity index (χ0n) is 10.6. The van der Waals surface area contributed by atoms with Crippen LogP contribution in [-0.2, 0) is 13.6 Å². The van der Waals surface area contributed by atoms with Crippen LogP contribution in [0.15, 0.2) is 24.3 Å². The average Bonchev–Trinajstić information content (AvgIpc) is 2.96. The minimum Gasteiger partial charge on any atom is -0.293 e. The van der Waals surface area contributed by atoms with Gasteiger partial charge in [0.15, 0.2) is 0 Å². The molecule has 1 saturated heterocycles. The van der Waals surface area contributed by atoms with Crippen LogP contribution in [0.3, 0.4) is 0 Å². The fourth-order valence-electron chi connectivity index (χ4n) is 2.88. The molecule has 3 rings (SSSR count). The van der Waals surface area contributed by atoms with Crippen LogP contribution in [0.2, 0.25) is 0 Å². The van der Waals surface area contributed by atoms with E-state index in [1.54, 1.807) is 0 Å². The topological polar surface area (TPSA) is 21.1 Å². The Morgan fingerprint density at radius 1 is 1.39 bits per heavy atom. The predicted molar refractivity (Wildman–Crippen MR) is 74.9 cm³/mol. The number of aryl methyl sites for hydroxylation is 1. The summed E-state index contributed by atoms with van der Waals surface area (Å²) in [5.74, 6) is 0.727. The highest BCUT2D eigenvalue weighted by Crippen LogP contribution is 2.24. The number of likely N-dealkylation sites (tertiary alicyclic amines) is 1. The van der Waals surface area contributed by atoms with Crippen LogP contribution < -0.4 is 0 Å². The van der Waals surface area contributed by atoms with Gasteiger partial charge in [-0.25, -0.2) is 0 Å². The molecule has 2 aromatic rings. The Bertz CT molecular complexity index is 549. The molecule has 0 spiro atoms. The Hall–Kier alpha value is -1.06. The fourth-order valence-corrected chi connectivity index (χ4v) is 3.23. The van der Waals surface area contributed by atoms with Gasteiger partial charge in [0, 0.05) is 30.9 Å². The molecule has 1 fully saturated rings. The van der Waals surface area contributed by atoms with Gasteiger partial charge in [0.25, 0.3) is 0 Å². The first-order valence-electron chi connectivity index (χ1n) is 6.50. The van der Waals surface area contributed by atoms with Gasteiger partial charge >= 0.3 is 0 Å². The van der Waals surface area contributed by atoms with Crippen molar-refractivity contribution in [2.45, 2.75) is 25.4 Å². The van der Waals surface area contributed by atoms with Crippen molar-refractivity contribution in [1.82, 2.24) is 14.7 Å². The maximum Gasteiger partial charge on any atom is 0.0843 e. The van der Waals surface area contributed by atoms with Gasteiger partial charge in [-0.05, 0) is 25.5 Å². The van der Waals surface area contributed by atoms with E-state index < -0.39 is 0 Å². The van der Waals surface area contributed by atoms with Gasteiger partial charge in [0.2, 0.25) is 0 Å². The first kappa shape index (κ1) is 12.0. The van der Waals surface area contributed by atoms with E-state index in [1.165, 1.54) is 29.4 Å². The van der Waals surface area contributed by atoms with Gasteiger partial charge in [-0.3, -0.25) is 9.58 Å². The highest BCUT2D eigenvalue weighted by Gasteiger charge is 2.24. The number of rotatable bonds is 3. The van der Waals surface area contributed by atoms with Crippen molar-refractivity contribution in [3.63, 3.8) is 0 Å². The lowest BCUT2D eigenvalue weighted by molar-refractivity contribution is 0.260. The summed E-state index contributed by atoms with van der Waals surface area (Å²) >= 11 is 6.02. The molecular formula is C14H18ClN3. The van der Waals surface area contributed by atoms with Crippen LogP contribution in [0.25, 0.3) is 10.9 Å². The highest BCUT2D eigenvalue weighted by molar-refractivity contribution is 6.18. The molecule has 0 saturated carbocycles. The number of benzene rings is 1. The number of hydrogen-bond donors (Lipinski definition) is 0. The molecule has 3 nitrogen and oxygen atoms in total. The molecule has 1 unspecified atom stereocenters. The standard InChI is InChI=1S/C14H18ClN3/c1-17-14-7-3-2-6-12(14)13(16-17)10-18-8-4-5-11(18)9-15/h2-3,6-7,11H,4-5,8-10H2,1H3. The number of nitrogens with zero attached hydrogens (tertiary/aromatic N) is 3. The van der Waals surface area contributed by atoms with Crippen LogP contribution in [0.4, 0.5) is 0 Å². The lowest BCUT2D eigenvalue weighted by Gasteiger charge is -2.21. The van der Waals surface area contributed by atoms with Crippen LogP contribution in [0.5, 0.6) is 0 Å². The van der Waals surface area contributed by atoms with Crippen molar-refractivity contribution in [2.24, 2.45) is 7.05 Å². The molecule has 1 atom stereocenters. The summed E-state index contributed by atoms with van der Waals surface area (Å²) in [5, 5.41) is 5.92. The summed E-state index contributed by atoms with van der Waals surface area (Å²) in [4.78, 5) is 2.46. The third-order valence-corrected chi connectivity index (χ3v) is 4.22. The zero-order valence-corrected chi connectivity index (χ0v) is 11.4. The first-order chi connectivity index (χ1) is 8.79. The Balaban J connectivity index is 1.91. The molecule has 0 bridgehead atoms. The van der Waals surface area contributed by atoms with Crippen LogP contribution in [0, 0.1) is 0 Å². The summed E-state index contributed by atoms with van der Waals surface area (Å²) in [6.07, 6.45) is 2.47. The molecule has 18 heavy (non-hydrogen) atoms. The van der Waals surface area contributed by atoms with E-state index in [9.17, 15) is 0 Å². The molecule has 0 aliphatic carbocycles. The summed E-state index contributed by atoms with van der Waals surface area (Å²) in [5.41, 5.74) is 2.37.